The van der Waals surface area contributed by atoms with Crippen LogP contribution in [0.25, 0.3) is 0 Å². The standard InChI is InChI=1S/C19H20ClN3O4S/c1-13(24)23-10-7-14-11-15(5-6-18(14)23)19(25)21-8-9-22-28(26,27)17-4-2-3-16(20)12-17/h2-6,11-12,22H,7-10H2,1H3,(H,21,25). The molecule has 0 aliphatic carbocycles. The Kier molecular flexibility index (Phi) is 6.02. The van der Waals surface area contributed by atoms with Gasteiger partial charge < -0.3 is 10.2 Å². The molecule has 2 aromatic rings. The van der Waals surface area contributed by atoms with Gasteiger partial charge in [0.15, 0.2) is 0 Å². The molecule has 7 nitrogen and oxygen atoms in total. The molecular weight excluding hydrogens is 402 g/mol. The minimum absolute atomic E-state index is 0.0251. The Morgan fingerprint density at radius 1 is 1.14 bits per heavy atom. The number of carbonyl (C=O) groups excluding carboxylic acids is 2. The summed E-state index contributed by atoms with van der Waals surface area (Å²) in [6.07, 6.45) is 0.704. The summed E-state index contributed by atoms with van der Waals surface area (Å²) in [4.78, 5) is 25.7. The van der Waals surface area contributed by atoms with E-state index in [4.69, 9.17) is 11.6 Å². The average molecular weight is 422 g/mol. The van der Waals surface area contributed by atoms with Crippen molar-refractivity contribution in [3.63, 3.8) is 0 Å². The summed E-state index contributed by atoms with van der Waals surface area (Å²) in [5.41, 5.74) is 2.25. The minimum atomic E-state index is -3.69. The molecule has 0 spiro atoms. The lowest BCUT2D eigenvalue weighted by atomic mass is 10.1. The number of hydrogen-bond donors (Lipinski definition) is 2. The molecule has 1 aliphatic rings. The number of carbonyl (C=O) groups is 2. The lowest BCUT2D eigenvalue weighted by Gasteiger charge is -2.14. The number of fused-ring (bicyclic) bond motifs is 1. The molecule has 0 saturated heterocycles. The van der Waals surface area contributed by atoms with E-state index in [1.807, 2.05) is 0 Å². The smallest absolute Gasteiger partial charge is 0.251 e. The molecule has 3 rings (SSSR count). The summed E-state index contributed by atoms with van der Waals surface area (Å²) in [7, 11) is -3.69. The second-order valence-electron chi connectivity index (χ2n) is 6.38. The molecule has 148 valence electrons. The van der Waals surface area contributed by atoms with Gasteiger partial charge in [0, 0.05) is 42.8 Å². The number of sulfonamides is 1. The van der Waals surface area contributed by atoms with E-state index in [1.54, 1.807) is 35.2 Å². The molecule has 2 amide bonds. The van der Waals surface area contributed by atoms with Gasteiger partial charge in [0.1, 0.15) is 0 Å². The Labute approximate surface area is 168 Å². The largest absolute Gasteiger partial charge is 0.351 e. The molecule has 1 heterocycles. The first-order valence-corrected chi connectivity index (χ1v) is 10.6. The van der Waals surface area contributed by atoms with Crippen molar-refractivity contribution in [3.8, 4) is 0 Å². The van der Waals surface area contributed by atoms with Crippen LogP contribution in [0.4, 0.5) is 5.69 Å². The van der Waals surface area contributed by atoms with E-state index in [0.29, 0.717) is 23.6 Å². The number of anilines is 1. The van der Waals surface area contributed by atoms with Crippen LogP contribution in [0.2, 0.25) is 5.02 Å². The van der Waals surface area contributed by atoms with Crippen LogP contribution in [-0.4, -0.2) is 39.9 Å². The van der Waals surface area contributed by atoms with Crippen LogP contribution >= 0.6 is 11.6 Å². The van der Waals surface area contributed by atoms with E-state index < -0.39 is 10.0 Å². The van der Waals surface area contributed by atoms with Crippen molar-refractivity contribution in [2.24, 2.45) is 0 Å². The molecule has 2 N–H and O–H groups in total. The fourth-order valence-corrected chi connectivity index (χ4v) is 4.38. The maximum atomic E-state index is 12.3. The zero-order valence-corrected chi connectivity index (χ0v) is 16.8. The first-order chi connectivity index (χ1) is 13.3. The van der Waals surface area contributed by atoms with Crippen LogP contribution in [-0.2, 0) is 21.2 Å². The predicted octanol–water partition coefficient (Wildman–Crippen LogP) is 1.96. The first kappa shape index (κ1) is 20.3. The Bertz CT molecular complexity index is 1020. The minimum Gasteiger partial charge on any atom is -0.351 e. The van der Waals surface area contributed by atoms with Crippen molar-refractivity contribution in [3.05, 3.63) is 58.6 Å². The number of nitrogens with zero attached hydrogens (tertiary/aromatic N) is 1. The van der Waals surface area contributed by atoms with Gasteiger partial charge in [-0.1, -0.05) is 17.7 Å². The summed E-state index contributed by atoms with van der Waals surface area (Å²) in [6, 6.07) is 11.1. The molecule has 2 aromatic carbocycles. The third-order valence-electron chi connectivity index (χ3n) is 4.43. The van der Waals surface area contributed by atoms with Crippen LogP contribution in [0, 0.1) is 0 Å². The number of hydrogen-bond acceptors (Lipinski definition) is 4. The third-order valence-corrected chi connectivity index (χ3v) is 6.12. The summed E-state index contributed by atoms with van der Waals surface area (Å²) in [5, 5.41) is 3.02. The molecule has 0 aromatic heterocycles. The SMILES string of the molecule is CC(=O)N1CCc2cc(C(=O)NCCNS(=O)(=O)c3cccc(Cl)c3)ccc21. The first-order valence-electron chi connectivity index (χ1n) is 8.72. The van der Waals surface area contributed by atoms with Crippen molar-refractivity contribution in [1.82, 2.24) is 10.0 Å². The molecule has 0 fully saturated rings. The van der Waals surface area contributed by atoms with Gasteiger partial charge in [-0.15, -0.1) is 0 Å². The summed E-state index contributed by atoms with van der Waals surface area (Å²) in [6.45, 7) is 2.31. The van der Waals surface area contributed by atoms with Gasteiger partial charge in [-0.2, -0.15) is 0 Å². The molecule has 0 saturated carbocycles. The maximum Gasteiger partial charge on any atom is 0.251 e. The van der Waals surface area contributed by atoms with Crippen LogP contribution < -0.4 is 14.9 Å². The van der Waals surface area contributed by atoms with E-state index in [1.165, 1.54) is 19.1 Å². The van der Waals surface area contributed by atoms with E-state index in [9.17, 15) is 18.0 Å². The van der Waals surface area contributed by atoms with Crippen molar-refractivity contribution < 1.29 is 18.0 Å². The van der Waals surface area contributed by atoms with E-state index >= 15 is 0 Å². The molecule has 0 bridgehead atoms. The van der Waals surface area contributed by atoms with Gasteiger partial charge in [0.25, 0.3) is 5.91 Å². The summed E-state index contributed by atoms with van der Waals surface area (Å²) in [5.74, 6) is -0.325. The van der Waals surface area contributed by atoms with Crippen molar-refractivity contribution in [1.29, 1.82) is 0 Å². The number of nitrogens with one attached hydrogen (secondary N) is 2. The molecule has 28 heavy (non-hydrogen) atoms. The van der Waals surface area contributed by atoms with Gasteiger partial charge in [-0.25, -0.2) is 13.1 Å². The van der Waals surface area contributed by atoms with Crippen LogP contribution in [0.1, 0.15) is 22.8 Å². The topological polar surface area (TPSA) is 95.6 Å². The van der Waals surface area contributed by atoms with E-state index in [0.717, 1.165) is 11.3 Å². The highest BCUT2D eigenvalue weighted by atomic mass is 35.5. The summed E-state index contributed by atoms with van der Waals surface area (Å²) < 4.78 is 26.8. The van der Waals surface area contributed by atoms with Gasteiger partial charge in [-0.05, 0) is 48.4 Å². The maximum absolute atomic E-state index is 12.3. The fourth-order valence-electron chi connectivity index (χ4n) is 3.05. The molecular formula is C19H20ClN3O4S. The lowest BCUT2D eigenvalue weighted by Crippen LogP contribution is -2.34. The summed E-state index contributed by atoms with van der Waals surface area (Å²) >= 11 is 5.82. The Morgan fingerprint density at radius 3 is 2.64 bits per heavy atom. The highest BCUT2D eigenvalue weighted by Gasteiger charge is 2.23. The highest BCUT2D eigenvalue weighted by molar-refractivity contribution is 7.89. The van der Waals surface area contributed by atoms with Crippen molar-refractivity contribution in [2.45, 2.75) is 18.2 Å². The average Bonchev–Trinajstić information content (AvgIpc) is 3.08. The second kappa shape index (κ2) is 8.30. The Balaban J connectivity index is 1.55. The second-order valence-corrected chi connectivity index (χ2v) is 8.58. The number of benzene rings is 2. The molecule has 0 radical (unpaired) electrons. The third kappa shape index (κ3) is 4.52. The lowest BCUT2D eigenvalue weighted by molar-refractivity contribution is -0.116. The van der Waals surface area contributed by atoms with Gasteiger partial charge in [-0.3, -0.25) is 9.59 Å². The highest BCUT2D eigenvalue weighted by Crippen LogP contribution is 2.28. The molecule has 1 aliphatic heterocycles. The number of halogens is 1. The van der Waals surface area contributed by atoms with Crippen molar-refractivity contribution in [2.75, 3.05) is 24.5 Å². The zero-order chi connectivity index (χ0) is 20.3. The van der Waals surface area contributed by atoms with Gasteiger partial charge >= 0.3 is 0 Å². The number of amides is 2. The van der Waals surface area contributed by atoms with E-state index in [2.05, 4.69) is 10.0 Å². The molecule has 0 unspecified atom stereocenters. The van der Waals surface area contributed by atoms with Crippen LogP contribution in [0.3, 0.4) is 0 Å². The van der Waals surface area contributed by atoms with E-state index in [-0.39, 0.29) is 29.8 Å². The van der Waals surface area contributed by atoms with Gasteiger partial charge in [0.2, 0.25) is 15.9 Å². The fraction of sp³-hybridized carbons (Fsp3) is 0.263. The normalized spacial score (nSPS) is 13.3. The zero-order valence-electron chi connectivity index (χ0n) is 15.2. The Hall–Kier alpha value is -2.42. The molecule has 0 atom stereocenters. The van der Waals surface area contributed by atoms with Crippen LogP contribution in [0.5, 0.6) is 0 Å². The van der Waals surface area contributed by atoms with Gasteiger partial charge in [0.05, 0.1) is 4.90 Å². The monoisotopic (exact) mass is 421 g/mol. The van der Waals surface area contributed by atoms with Crippen molar-refractivity contribution >= 4 is 39.1 Å². The Morgan fingerprint density at radius 2 is 1.93 bits per heavy atom. The van der Waals surface area contributed by atoms with Crippen LogP contribution in [0.15, 0.2) is 47.4 Å². The predicted molar refractivity (Wildman–Crippen MR) is 107 cm³/mol. The quantitative estimate of drug-likeness (QED) is 0.697. The molecule has 9 heteroatoms. The number of rotatable bonds is 6.